The number of fused-ring (bicyclic) bond motifs is 1. The fourth-order valence-electron chi connectivity index (χ4n) is 3.67. The van der Waals surface area contributed by atoms with Crippen molar-refractivity contribution >= 4 is 46.0 Å². The van der Waals surface area contributed by atoms with Crippen LogP contribution in [0.2, 0.25) is 10.0 Å². The van der Waals surface area contributed by atoms with Crippen LogP contribution in [-0.2, 0) is 4.79 Å². The average molecular weight is 490 g/mol. The minimum atomic E-state index is -0.665. The molecular formula is C22H21Cl2N5O4. The molecule has 1 aromatic carbocycles. The van der Waals surface area contributed by atoms with E-state index in [9.17, 15) is 9.59 Å². The molecule has 2 unspecified atom stereocenters. The number of benzene rings is 1. The first kappa shape index (κ1) is 23.0. The van der Waals surface area contributed by atoms with Crippen molar-refractivity contribution < 1.29 is 13.9 Å². The number of nitrogens with zero attached hydrogens (tertiary/aromatic N) is 2. The number of rotatable bonds is 6. The number of methoxy groups -OCH3 is 1. The third-order valence-electron chi connectivity index (χ3n) is 5.36. The second-order valence-electron chi connectivity index (χ2n) is 7.52. The maximum atomic E-state index is 12.8. The predicted molar refractivity (Wildman–Crippen MR) is 127 cm³/mol. The maximum Gasteiger partial charge on any atom is 0.363 e. The van der Waals surface area contributed by atoms with Crippen molar-refractivity contribution in [2.24, 2.45) is 0 Å². The van der Waals surface area contributed by atoms with E-state index >= 15 is 0 Å². The highest BCUT2D eigenvalue weighted by Crippen LogP contribution is 2.42. The van der Waals surface area contributed by atoms with Gasteiger partial charge in [0.05, 0.1) is 34.8 Å². The zero-order valence-electron chi connectivity index (χ0n) is 17.9. The summed E-state index contributed by atoms with van der Waals surface area (Å²) >= 11 is 12.9. The topological polar surface area (TPSA) is 118 Å². The number of nitrogens with one attached hydrogen (secondary N) is 3. The fraction of sp³-hybridized carbons (Fsp3) is 0.273. The Morgan fingerprint density at radius 3 is 2.79 bits per heavy atom. The second kappa shape index (κ2) is 9.38. The van der Waals surface area contributed by atoms with Gasteiger partial charge in [-0.25, -0.2) is 14.8 Å². The van der Waals surface area contributed by atoms with Gasteiger partial charge in [-0.3, -0.25) is 4.79 Å². The first-order valence-corrected chi connectivity index (χ1v) is 10.8. The minimum Gasteiger partial charge on any atom is -0.495 e. The molecule has 3 heterocycles. The molecule has 2 aromatic heterocycles. The molecule has 3 N–H and O–H groups in total. The number of aromatic nitrogens is 2. The van der Waals surface area contributed by atoms with Crippen molar-refractivity contribution in [2.45, 2.75) is 19.0 Å². The van der Waals surface area contributed by atoms with E-state index in [1.807, 2.05) is 0 Å². The Bertz CT molecular complexity index is 1310. The van der Waals surface area contributed by atoms with Crippen LogP contribution in [0.3, 0.4) is 0 Å². The smallest absolute Gasteiger partial charge is 0.363 e. The van der Waals surface area contributed by atoms with Crippen LogP contribution >= 0.6 is 23.2 Å². The van der Waals surface area contributed by atoms with E-state index in [2.05, 4.69) is 32.5 Å². The third kappa shape index (κ3) is 4.52. The zero-order valence-corrected chi connectivity index (χ0v) is 19.4. The van der Waals surface area contributed by atoms with Crippen LogP contribution in [0.25, 0.3) is 22.2 Å². The summed E-state index contributed by atoms with van der Waals surface area (Å²) in [4.78, 5) is 33.1. The lowest BCUT2D eigenvalue weighted by molar-refractivity contribution is -0.117. The van der Waals surface area contributed by atoms with Gasteiger partial charge in [-0.2, -0.15) is 0 Å². The van der Waals surface area contributed by atoms with Crippen molar-refractivity contribution in [1.29, 1.82) is 0 Å². The van der Waals surface area contributed by atoms with Crippen LogP contribution in [0.4, 0.5) is 5.95 Å². The standard InChI is InChI=1S/C22H21Cl2N5O4/c1-4-16(30)27-12-8-25-9-13(12)28-22-26-7-11-6-14(33-21(31)20(11)29-22)17-18(23)10(2)5-15(32-3)19(17)24/h4-7,12-13,25H,1,8-9H2,2-3H3,(H,27,30)(H,26,28,29). The highest BCUT2D eigenvalue weighted by Gasteiger charge is 2.28. The number of ether oxygens (including phenoxy) is 1. The SMILES string of the molecule is C=CC(=O)NC1CNCC1Nc1ncc2cc(-c3c(Cl)c(C)cc(OC)c3Cl)oc(=O)c2n1. The van der Waals surface area contributed by atoms with Gasteiger partial charge in [-0.15, -0.1) is 0 Å². The van der Waals surface area contributed by atoms with Crippen LogP contribution in [0.1, 0.15) is 5.56 Å². The lowest BCUT2D eigenvalue weighted by Crippen LogP contribution is -2.45. The molecule has 0 radical (unpaired) electrons. The van der Waals surface area contributed by atoms with Crippen molar-refractivity contribution in [3.8, 4) is 17.1 Å². The summed E-state index contributed by atoms with van der Waals surface area (Å²) < 4.78 is 10.8. The van der Waals surface area contributed by atoms with Gasteiger partial charge >= 0.3 is 5.63 Å². The number of carbonyl (C=O) groups is 1. The van der Waals surface area contributed by atoms with Gasteiger partial charge in [0.1, 0.15) is 11.5 Å². The molecule has 9 nitrogen and oxygen atoms in total. The number of hydrogen-bond donors (Lipinski definition) is 3. The molecule has 1 saturated heterocycles. The quantitative estimate of drug-likeness (QED) is 0.452. The summed E-state index contributed by atoms with van der Waals surface area (Å²) in [6.07, 6.45) is 2.73. The van der Waals surface area contributed by atoms with Crippen molar-refractivity contribution in [3.63, 3.8) is 0 Å². The summed E-state index contributed by atoms with van der Waals surface area (Å²) in [6, 6.07) is 2.96. The normalized spacial score (nSPS) is 17.7. The molecule has 4 rings (SSSR count). The molecule has 33 heavy (non-hydrogen) atoms. The summed E-state index contributed by atoms with van der Waals surface area (Å²) in [5.41, 5.74) is 0.506. The number of halogens is 2. The molecule has 1 amide bonds. The molecule has 1 fully saturated rings. The Balaban J connectivity index is 1.68. The van der Waals surface area contributed by atoms with Crippen molar-refractivity contribution in [3.05, 3.63) is 57.0 Å². The molecule has 1 aliphatic heterocycles. The first-order chi connectivity index (χ1) is 15.8. The average Bonchev–Trinajstić information content (AvgIpc) is 3.23. The third-order valence-corrected chi connectivity index (χ3v) is 6.22. The molecule has 2 atom stereocenters. The summed E-state index contributed by atoms with van der Waals surface area (Å²) in [6.45, 7) is 6.43. The van der Waals surface area contributed by atoms with E-state index in [0.29, 0.717) is 34.8 Å². The second-order valence-corrected chi connectivity index (χ2v) is 8.28. The summed E-state index contributed by atoms with van der Waals surface area (Å²) in [7, 11) is 1.49. The van der Waals surface area contributed by atoms with Crippen LogP contribution < -0.4 is 26.3 Å². The Labute approximate surface area is 199 Å². The molecule has 0 bridgehead atoms. The van der Waals surface area contributed by atoms with E-state index in [4.69, 9.17) is 32.4 Å². The molecule has 0 aliphatic carbocycles. The number of amides is 1. The number of anilines is 1. The highest BCUT2D eigenvalue weighted by atomic mass is 35.5. The van der Waals surface area contributed by atoms with Crippen molar-refractivity contribution in [2.75, 3.05) is 25.5 Å². The van der Waals surface area contributed by atoms with Crippen molar-refractivity contribution in [1.82, 2.24) is 20.6 Å². The maximum absolute atomic E-state index is 12.8. The Kier molecular flexibility index (Phi) is 6.55. The van der Waals surface area contributed by atoms with E-state index in [0.717, 1.165) is 5.56 Å². The van der Waals surface area contributed by atoms with Gasteiger partial charge < -0.3 is 25.1 Å². The van der Waals surface area contributed by atoms with Gasteiger partial charge in [0.15, 0.2) is 5.52 Å². The van der Waals surface area contributed by atoms with E-state index in [1.54, 1.807) is 19.1 Å². The highest BCUT2D eigenvalue weighted by molar-refractivity contribution is 6.40. The number of aryl methyl sites for hydroxylation is 1. The summed E-state index contributed by atoms with van der Waals surface area (Å²) in [5.74, 6) is 0.562. The lowest BCUT2D eigenvalue weighted by atomic mass is 10.1. The van der Waals surface area contributed by atoms with Gasteiger partial charge in [-0.05, 0) is 30.7 Å². The van der Waals surface area contributed by atoms with Crippen LogP contribution in [0, 0.1) is 6.92 Å². The predicted octanol–water partition coefficient (Wildman–Crippen LogP) is 2.93. The molecule has 0 spiro atoms. The Morgan fingerprint density at radius 2 is 2.06 bits per heavy atom. The molecular weight excluding hydrogens is 469 g/mol. The van der Waals surface area contributed by atoms with E-state index in [1.165, 1.54) is 19.4 Å². The van der Waals surface area contributed by atoms with Crippen LogP contribution in [0.15, 0.2) is 40.2 Å². The Morgan fingerprint density at radius 1 is 1.30 bits per heavy atom. The summed E-state index contributed by atoms with van der Waals surface area (Å²) in [5, 5.41) is 10.2. The minimum absolute atomic E-state index is 0.0979. The van der Waals surface area contributed by atoms with E-state index < -0.39 is 5.63 Å². The molecule has 0 saturated carbocycles. The molecule has 172 valence electrons. The van der Waals surface area contributed by atoms with Gasteiger partial charge in [0.25, 0.3) is 0 Å². The van der Waals surface area contributed by atoms with Crippen LogP contribution in [0.5, 0.6) is 5.75 Å². The monoisotopic (exact) mass is 489 g/mol. The molecule has 1 aliphatic rings. The molecule has 11 heteroatoms. The lowest BCUT2D eigenvalue weighted by Gasteiger charge is -2.20. The Hall–Kier alpha value is -3.14. The largest absolute Gasteiger partial charge is 0.495 e. The fourth-order valence-corrected chi connectivity index (χ4v) is 4.28. The number of hydrogen-bond acceptors (Lipinski definition) is 8. The first-order valence-electron chi connectivity index (χ1n) is 10.1. The van der Waals surface area contributed by atoms with Gasteiger partial charge in [0, 0.05) is 24.7 Å². The van der Waals surface area contributed by atoms with Crippen LogP contribution in [-0.4, -0.2) is 48.2 Å². The van der Waals surface area contributed by atoms with E-state index in [-0.39, 0.29) is 40.2 Å². The molecule has 3 aromatic rings. The number of carbonyl (C=O) groups excluding carboxylic acids is 1. The van der Waals surface area contributed by atoms with Gasteiger partial charge in [0.2, 0.25) is 11.9 Å². The van der Waals surface area contributed by atoms with Gasteiger partial charge in [-0.1, -0.05) is 29.8 Å². The zero-order chi connectivity index (χ0) is 23.7.